The van der Waals surface area contributed by atoms with Gasteiger partial charge in [-0.05, 0) is 36.1 Å². The topological polar surface area (TPSA) is 98.2 Å². The second-order valence-electron chi connectivity index (χ2n) is 5.39. The maximum Gasteiger partial charge on any atom is 0.227 e. The average Bonchev–Trinajstić information content (AvgIpc) is 2.87. The summed E-state index contributed by atoms with van der Waals surface area (Å²) in [6.07, 6.45) is 0.782. The third-order valence-corrected chi connectivity index (χ3v) is 3.71. The molecule has 2 rings (SSSR count). The van der Waals surface area contributed by atoms with Crippen molar-refractivity contribution in [3.05, 3.63) is 34.2 Å². The fourth-order valence-corrected chi connectivity index (χ4v) is 2.52. The molecule has 1 saturated heterocycles. The molecule has 22 heavy (non-hydrogen) atoms. The van der Waals surface area contributed by atoms with E-state index >= 15 is 0 Å². The Morgan fingerprint density at radius 2 is 2.32 bits per heavy atom. The molecular weight excluding hydrogens is 282 g/mol. The minimum Gasteiger partial charge on any atom is -0.326 e. The van der Waals surface area contributed by atoms with E-state index in [0.29, 0.717) is 31.6 Å². The van der Waals surface area contributed by atoms with Crippen LogP contribution in [0.2, 0.25) is 0 Å². The van der Waals surface area contributed by atoms with Crippen molar-refractivity contribution in [3.8, 4) is 0 Å². The highest BCUT2D eigenvalue weighted by molar-refractivity contribution is 5.98. The first-order valence-electron chi connectivity index (χ1n) is 7.26. The van der Waals surface area contributed by atoms with E-state index in [1.807, 2.05) is 25.1 Å². The van der Waals surface area contributed by atoms with Crippen LogP contribution in [0.3, 0.4) is 0 Å². The Bertz CT molecular complexity index is 637. The van der Waals surface area contributed by atoms with Gasteiger partial charge >= 0.3 is 0 Å². The lowest BCUT2D eigenvalue weighted by atomic mass is 10.1. The minimum atomic E-state index is -0.0659. The molecule has 7 nitrogen and oxygen atoms in total. The predicted octanol–water partition coefficient (Wildman–Crippen LogP) is 3.01. The molecule has 1 atom stereocenters. The van der Waals surface area contributed by atoms with Gasteiger partial charge in [-0.3, -0.25) is 9.59 Å². The summed E-state index contributed by atoms with van der Waals surface area (Å²) in [5, 5.41) is 6.35. The van der Waals surface area contributed by atoms with Gasteiger partial charge in [0.15, 0.2) is 0 Å². The number of azide groups is 1. The molecule has 1 aromatic carbocycles. The van der Waals surface area contributed by atoms with E-state index in [4.69, 9.17) is 5.53 Å². The van der Waals surface area contributed by atoms with Crippen molar-refractivity contribution in [2.45, 2.75) is 26.7 Å². The zero-order valence-corrected chi connectivity index (χ0v) is 12.7. The molecule has 0 spiro atoms. The van der Waals surface area contributed by atoms with Crippen molar-refractivity contribution < 1.29 is 9.59 Å². The molecule has 1 aromatic rings. The van der Waals surface area contributed by atoms with Crippen molar-refractivity contribution in [2.75, 3.05) is 23.3 Å². The first-order valence-corrected chi connectivity index (χ1v) is 7.26. The van der Waals surface area contributed by atoms with Gasteiger partial charge in [-0.1, -0.05) is 18.1 Å². The number of anilines is 2. The fraction of sp³-hybridized carbons (Fsp3) is 0.467. The Morgan fingerprint density at radius 1 is 1.55 bits per heavy atom. The van der Waals surface area contributed by atoms with Gasteiger partial charge in [0.25, 0.3) is 0 Å². The number of carbonyl (C=O) groups is 2. The summed E-state index contributed by atoms with van der Waals surface area (Å²) in [7, 11) is 0. The molecule has 0 radical (unpaired) electrons. The first kappa shape index (κ1) is 15.9. The van der Waals surface area contributed by atoms with Crippen LogP contribution in [0.4, 0.5) is 11.4 Å². The second kappa shape index (κ2) is 6.95. The van der Waals surface area contributed by atoms with Gasteiger partial charge in [0.1, 0.15) is 0 Å². The number of carbonyl (C=O) groups excluding carboxylic acids is 2. The lowest BCUT2D eigenvalue weighted by Gasteiger charge is -2.20. The molecule has 1 aliphatic heterocycles. The quantitative estimate of drug-likeness (QED) is 0.513. The van der Waals surface area contributed by atoms with Crippen molar-refractivity contribution in [1.82, 2.24) is 0 Å². The summed E-state index contributed by atoms with van der Waals surface area (Å²) in [4.78, 5) is 28.1. The van der Waals surface area contributed by atoms with Gasteiger partial charge in [-0.25, -0.2) is 0 Å². The molecule has 1 aliphatic rings. The molecule has 1 N–H and O–H groups in total. The van der Waals surface area contributed by atoms with Gasteiger partial charge in [-0.2, -0.15) is 0 Å². The molecule has 116 valence electrons. The Hall–Kier alpha value is -2.53. The number of benzene rings is 1. The molecule has 0 aliphatic carbocycles. The molecule has 0 saturated carbocycles. The van der Waals surface area contributed by atoms with Crippen LogP contribution >= 0.6 is 0 Å². The highest BCUT2D eigenvalue weighted by Gasteiger charge is 2.31. The minimum absolute atomic E-state index is 0.0141. The largest absolute Gasteiger partial charge is 0.326 e. The van der Waals surface area contributed by atoms with Crippen LogP contribution in [0, 0.1) is 12.8 Å². The van der Waals surface area contributed by atoms with Crippen LogP contribution in [-0.2, 0) is 9.59 Å². The summed E-state index contributed by atoms with van der Waals surface area (Å²) in [5.41, 5.74) is 10.8. The number of nitrogens with zero attached hydrogens (tertiary/aromatic N) is 4. The van der Waals surface area contributed by atoms with Crippen molar-refractivity contribution >= 4 is 23.2 Å². The van der Waals surface area contributed by atoms with Crippen LogP contribution in [0.15, 0.2) is 23.3 Å². The molecule has 0 aromatic heterocycles. The van der Waals surface area contributed by atoms with E-state index in [0.717, 1.165) is 11.3 Å². The van der Waals surface area contributed by atoms with E-state index in [9.17, 15) is 9.59 Å². The highest BCUT2D eigenvalue weighted by Crippen LogP contribution is 2.30. The van der Waals surface area contributed by atoms with Crippen LogP contribution in [0.25, 0.3) is 10.4 Å². The average molecular weight is 301 g/mol. The van der Waals surface area contributed by atoms with Crippen molar-refractivity contribution in [3.63, 3.8) is 0 Å². The summed E-state index contributed by atoms with van der Waals surface area (Å²) >= 11 is 0. The molecular formula is C15H19N5O2. The Morgan fingerprint density at radius 3 is 3.00 bits per heavy atom. The number of amides is 2. The summed E-state index contributed by atoms with van der Waals surface area (Å²) in [6.45, 7) is 4.57. The maximum atomic E-state index is 12.2. The zero-order valence-electron chi connectivity index (χ0n) is 12.7. The Balaban J connectivity index is 2.20. The zero-order chi connectivity index (χ0) is 16.1. The van der Waals surface area contributed by atoms with Gasteiger partial charge in [0, 0.05) is 42.2 Å². The molecule has 1 unspecified atom stereocenters. The SMILES string of the molecule is CCC(=O)Nc1ccc(C)c(N2CC(CN=[N+]=[N-])CC2=O)c1. The molecule has 1 heterocycles. The van der Waals surface area contributed by atoms with Crippen LogP contribution in [-0.4, -0.2) is 24.9 Å². The van der Waals surface area contributed by atoms with Crippen LogP contribution in [0.1, 0.15) is 25.3 Å². The number of hydrogen-bond donors (Lipinski definition) is 1. The summed E-state index contributed by atoms with van der Waals surface area (Å²) in [6, 6.07) is 5.52. The molecule has 1 fully saturated rings. The number of rotatable bonds is 5. The second-order valence-corrected chi connectivity index (χ2v) is 5.39. The predicted molar refractivity (Wildman–Crippen MR) is 84.6 cm³/mol. The van der Waals surface area contributed by atoms with Crippen LogP contribution in [0.5, 0.6) is 0 Å². The summed E-state index contributed by atoms with van der Waals surface area (Å²) in [5.74, 6) is -0.0133. The van der Waals surface area contributed by atoms with Gasteiger partial charge in [-0.15, -0.1) is 0 Å². The molecule has 7 heteroatoms. The van der Waals surface area contributed by atoms with Crippen molar-refractivity contribution in [1.29, 1.82) is 0 Å². The van der Waals surface area contributed by atoms with Gasteiger partial charge < -0.3 is 10.2 Å². The van der Waals surface area contributed by atoms with Crippen LogP contribution < -0.4 is 10.2 Å². The van der Waals surface area contributed by atoms with E-state index in [1.54, 1.807) is 11.8 Å². The van der Waals surface area contributed by atoms with Crippen molar-refractivity contribution in [2.24, 2.45) is 11.0 Å². The Labute approximate surface area is 128 Å². The van der Waals surface area contributed by atoms with Gasteiger partial charge in [0.2, 0.25) is 11.8 Å². The lowest BCUT2D eigenvalue weighted by Crippen LogP contribution is -2.25. The Kier molecular flexibility index (Phi) is 5.01. The van der Waals surface area contributed by atoms with Gasteiger partial charge in [0.05, 0.1) is 0 Å². The van der Waals surface area contributed by atoms with E-state index in [1.165, 1.54) is 0 Å². The fourth-order valence-electron chi connectivity index (χ4n) is 2.52. The number of hydrogen-bond acceptors (Lipinski definition) is 3. The third-order valence-electron chi connectivity index (χ3n) is 3.71. The van der Waals surface area contributed by atoms with E-state index in [2.05, 4.69) is 15.3 Å². The first-order chi connectivity index (χ1) is 10.5. The third kappa shape index (κ3) is 3.56. The summed E-state index contributed by atoms with van der Waals surface area (Å²) < 4.78 is 0. The maximum absolute atomic E-state index is 12.2. The highest BCUT2D eigenvalue weighted by atomic mass is 16.2. The normalized spacial score (nSPS) is 17.3. The lowest BCUT2D eigenvalue weighted by molar-refractivity contribution is -0.117. The number of aryl methyl sites for hydroxylation is 1. The standard InChI is InChI=1S/C15H19N5O2/c1-3-14(21)18-12-5-4-10(2)13(7-12)20-9-11(6-15(20)22)8-17-19-16/h4-5,7,11H,3,6,8-9H2,1-2H3,(H,18,21). The van der Waals surface area contributed by atoms with E-state index < -0.39 is 0 Å². The van der Waals surface area contributed by atoms with E-state index in [-0.39, 0.29) is 17.7 Å². The number of nitrogens with one attached hydrogen (secondary N) is 1. The monoisotopic (exact) mass is 301 g/mol. The molecule has 0 bridgehead atoms. The smallest absolute Gasteiger partial charge is 0.227 e. The molecule has 2 amide bonds.